The van der Waals surface area contributed by atoms with Crippen LogP contribution in [0.15, 0.2) is 47.4 Å². The van der Waals surface area contributed by atoms with Crippen molar-refractivity contribution in [2.45, 2.75) is 13.3 Å². The van der Waals surface area contributed by atoms with Gasteiger partial charge in [0.15, 0.2) is 5.65 Å². The summed E-state index contributed by atoms with van der Waals surface area (Å²) >= 11 is 11.9. The first-order valence-electron chi connectivity index (χ1n) is 7.27. The Bertz CT molecular complexity index is 999. The smallest absolute Gasteiger partial charge is 0.267 e. The Hall–Kier alpha value is -2.37. The molecule has 1 aromatic carbocycles. The molecule has 0 spiro atoms. The van der Waals surface area contributed by atoms with E-state index in [2.05, 4.69) is 10.4 Å². The number of carbonyl (C=O) groups is 1. The molecule has 0 saturated carbocycles. The van der Waals surface area contributed by atoms with Crippen LogP contribution in [0.1, 0.15) is 22.8 Å². The molecule has 2 heterocycles. The third-order valence-corrected chi connectivity index (χ3v) is 4.15. The van der Waals surface area contributed by atoms with Crippen LogP contribution in [0.4, 0.5) is 0 Å². The summed E-state index contributed by atoms with van der Waals surface area (Å²) in [6.45, 7) is 1.88. The molecule has 0 fully saturated rings. The third-order valence-electron chi connectivity index (χ3n) is 3.61. The Kier molecular flexibility index (Phi) is 4.55. The van der Waals surface area contributed by atoms with E-state index in [1.807, 2.05) is 13.0 Å². The molecular formula is C17H13Cl2N3O2. The van der Waals surface area contributed by atoms with Gasteiger partial charge in [-0.05, 0) is 42.8 Å². The van der Waals surface area contributed by atoms with E-state index in [1.165, 1.54) is 12.1 Å². The van der Waals surface area contributed by atoms with E-state index in [1.54, 1.807) is 24.4 Å². The third kappa shape index (κ3) is 3.00. The average Bonchev–Trinajstić information content (AvgIpc) is 2.57. The summed E-state index contributed by atoms with van der Waals surface area (Å²) < 4.78 is 1.15. The van der Waals surface area contributed by atoms with Gasteiger partial charge in [-0.2, -0.15) is 4.68 Å². The number of aryl methyl sites for hydroxylation is 1. The maximum absolute atomic E-state index is 12.6. The fourth-order valence-electron chi connectivity index (χ4n) is 2.39. The van der Waals surface area contributed by atoms with Crippen molar-refractivity contribution in [1.29, 1.82) is 0 Å². The van der Waals surface area contributed by atoms with Gasteiger partial charge in [0, 0.05) is 22.2 Å². The highest BCUT2D eigenvalue weighted by molar-refractivity contribution is 6.37. The minimum Gasteiger partial charge on any atom is -0.267 e. The highest BCUT2D eigenvalue weighted by Gasteiger charge is 2.15. The predicted molar refractivity (Wildman–Crippen MR) is 95.5 cm³/mol. The summed E-state index contributed by atoms with van der Waals surface area (Å²) in [7, 11) is 0. The Balaban J connectivity index is 2.11. The second-order valence-corrected chi connectivity index (χ2v) is 5.99. The predicted octanol–water partition coefficient (Wildman–Crippen LogP) is 3.65. The molecule has 0 aliphatic rings. The second kappa shape index (κ2) is 6.63. The Morgan fingerprint density at radius 2 is 2.04 bits per heavy atom. The number of aromatic nitrogens is 2. The molecule has 1 N–H and O–H groups in total. The van der Waals surface area contributed by atoms with Crippen LogP contribution in [-0.4, -0.2) is 15.6 Å². The van der Waals surface area contributed by atoms with E-state index in [4.69, 9.17) is 23.2 Å². The van der Waals surface area contributed by atoms with E-state index >= 15 is 0 Å². The minimum atomic E-state index is -0.515. The topological polar surface area (TPSA) is 64.0 Å². The van der Waals surface area contributed by atoms with Crippen molar-refractivity contribution in [3.05, 3.63) is 74.1 Å². The Morgan fingerprint density at radius 1 is 1.25 bits per heavy atom. The van der Waals surface area contributed by atoms with Gasteiger partial charge in [0.25, 0.3) is 11.5 Å². The van der Waals surface area contributed by atoms with Crippen LogP contribution in [0.5, 0.6) is 0 Å². The zero-order valence-electron chi connectivity index (χ0n) is 12.7. The lowest BCUT2D eigenvalue weighted by Gasteiger charge is -2.13. The molecule has 0 bridgehead atoms. The van der Waals surface area contributed by atoms with Crippen LogP contribution in [0.2, 0.25) is 10.0 Å². The van der Waals surface area contributed by atoms with Crippen LogP contribution in [-0.2, 0) is 6.42 Å². The average molecular weight is 362 g/mol. The van der Waals surface area contributed by atoms with Crippen LogP contribution < -0.4 is 11.0 Å². The van der Waals surface area contributed by atoms with Crippen molar-refractivity contribution < 1.29 is 4.79 Å². The van der Waals surface area contributed by atoms with E-state index in [0.717, 1.165) is 10.1 Å². The SMILES string of the molecule is CCc1cc2cccnc2n(NC(=O)c2ccc(Cl)cc2Cl)c1=O. The standard InChI is InChI=1S/C17H13Cl2N3O2/c1-2-10-8-11-4-3-7-20-15(11)22(17(10)24)21-16(23)13-6-5-12(18)9-14(13)19/h3-9H,2H2,1H3,(H,21,23). The molecule has 7 heteroatoms. The number of amides is 1. The summed E-state index contributed by atoms with van der Waals surface area (Å²) in [5.41, 5.74) is 3.44. The lowest BCUT2D eigenvalue weighted by Crippen LogP contribution is -2.35. The molecule has 2 aromatic heterocycles. The van der Waals surface area contributed by atoms with Crippen molar-refractivity contribution in [3.8, 4) is 0 Å². The summed E-state index contributed by atoms with van der Waals surface area (Å²) in [5, 5.41) is 1.39. The van der Waals surface area contributed by atoms with E-state index < -0.39 is 5.91 Å². The summed E-state index contributed by atoms with van der Waals surface area (Å²) in [6.07, 6.45) is 2.10. The van der Waals surface area contributed by atoms with Gasteiger partial charge >= 0.3 is 0 Å². The van der Waals surface area contributed by atoms with Gasteiger partial charge < -0.3 is 0 Å². The van der Waals surface area contributed by atoms with Gasteiger partial charge in [0.2, 0.25) is 0 Å². The fraction of sp³-hybridized carbons (Fsp3) is 0.118. The zero-order valence-corrected chi connectivity index (χ0v) is 14.2. The van der Waals surface area contributed by atoms with E-state index in [0.29, 0.717) is 22.7 Å². The van der Waals surface area contributed by atoms with Crippen molar-refractivity contribution >= 4 is 40.1 Å². The maximum atomic E-state index is 12.6. The maximum Gasteiger partial charge on any atom is 0.274 e. The molecule has 0 radical (unpaired) electrons. The molecule has 24 heavy (non-hydrogen) atoms. The molecule has 0 saturated heterocycles. The molecule has 122 valence electrons. The van der Waals surface area contributed by atoms with Crippen molar-refractivity contribution in [2.75, 3.05) is 5.43 Å². The summed E-state index contributed by atoms with van der Waals surface area (Å²) in [6, 6.07) is 9.92. The number of hydrogen-bond acceptors (Lipinski definition) is 3. The number of benzene rings is 1. The van der Waals surface area contributed by atoms with Gasteiger partial charge in [-0.3, -0.25) is 15.0 Å². The molecule has 1 amide bonds. The molecule has 5 nitrogen and oxygen atoms in total. The number of carbonyl (C=O) groups excluding carboxylic acids is 1. The van der Waals surface area contributed by atoms with Crippen molar-refractivity contribution in [3.63, 3.8) is 0 Å². The number of halogens is 2. The number of nitrogens with zero attached hydrogens (tertiary/aromatic N) is 2. The molecule has 0 aliphatic carbocycles. The molecule has 0 atom stereocenters. The molecule has 3 aromatic rings. The first kappa shape index (κ1) is 16.5. The molecular weight excluding hydrogens is 349 g/mol. The molecule has 0 unspecified atom stereocenters. The van der Waals surface area contributed by atoms with Gasteiger partial charge in [0.05, 0.1) is 10.6 Å². The highest BCUT2D eigenvalue weighted by atomic mass is 35.5. The molecule has 3 rings (SSSR count). The van der Waals surface area contributed by atoms with Gasteiger partial charge in [-0.15, -0.1) is 0 Å². The first-order valence-corrected chi connectivity index (χ1v) is 8.03. The lowest BCUT2D eigenvalue weighted by molar-refractivity contribution is 0.101. The van der Waals surface area contributed by atoms with E-state index in [-0.39, 0.29) is 16.1 Å². The van der Waals surface area contributed by atoms with Gasteiger partial charge in [-0.1, -0.05) is 30.1 Å². The zero-order chi connectivity index (χ0) is 17.3. The number of nitrogens with one attached hydrogen (secondary N) is 1. The first-order chi connectivity index (χ1) is 11.5. The van der Waals surface area contributed by atoms with Gasteiger partial charge in [-0.25, -0.2) is 4.98 Å². The van der Waals surface area contributed by atoms with Crippen LogP contribution in [0.3, 0.4) is 0 Å². The lowest BCUT2D eigenvalue weighted by atomic mass is 10.1. The fourth-order valence-corrected chi connectivity index (χ4v) is 2.88. The van der Waals surface area contributed by atoms with Crippen LogP contribution >= 0.6 is 23.2 Å². The summed E-state index contributed by atoms with van der Waals surface area (Å²) in [5.74, 6) is -0.515. The number of pyridine rings is 2. The normalized spacial score (nSPS) is 10.8. The number of rotatable bonds is 3. The monoisotopic (exact) mass is 361 g/mol. The quantitative estimate of drug-likeness (QED) is 0.774. The highest BCUT2D eigenvalue weighted by Crippen LogP contribution is 2.21. The van der Waals surface area contributed by atoms with Crippen LogP contribution in [0.25, 0.3) is 11.0 Å². The molecule has 0 aliphatic heterocycles. The van der Waals surface area contributed by atoms with Crippen molar-refractivity contribution in [1.82, 2.24) is 9.66 Å². The Labute approximate surface area is 147 Å². The van der Waals surface area contributed by atoms with E-state index in [9.17, 15) is 9.59 Å². The van der Waals surface area contributed by atoms with Crippen LogP contribution in [0, 0.1) is 0 Å². The summed E-state index contributed by atoms with van der Waals surface area (Å²) in [4.78, 5) is 29.3. The minimum absolute atomic E-state index is 0.206. The van der Waals surface area contributed by atoms with Crippen molar-refractivity contribution in [2.24, 2.45) is 0 Å². The second-order valence-electron chi connectivity index (χ2n) is 5.15. The van der Waals surface area contributed by atoms with Gasteiger partial charge in [0.1, 0.15) is 0 Å². The largest absolute Gasteiger partial charge is 0.274 e. The number of hydrogen-bond donors (Lipinski definition) is 1. The number of fused-ring (bicyclic) bond motifs is 1. The Morgan fingerprint density at radius 3 is 2.75 bits per heavy atom.